The van der Waals surface area contributed by atoms with E-state index < -0.39 is 6.10 Å². The summed E-state index contributed by atoms with van der Waals surface area (Å²) in [6.45, 7) is 6.12. The number of rotatable bonds is 7. The normalized spacial score (nSPS) is 12.4. The number of hydrogen-bond acceptors (Lipinski definition) is 4. The molecule has 0 spiro atoms. The summed E-state index contributed by atoms with van der Waals surface area (Å²) in [6, 6.07) is 13.3. The van der Waals surface area contributed by atoms with Crippen molar-refractivity contribution in [2.45, 2.75) is 26.5 Å². The summed E-state index contributed by atoms with van der Waals surface area (Å²) in [5.74, 6) is 0.608. The molecule has 0 saturated heterocycles. The predicted octanol–water partition coefficient (Wildman–Crippen LogP) is 3.26. The molecule has 0 amide bonds. The Bertz CT molecular complexity index is 625. The van der Waals surface area contributed by atoms with E-state index in [1.165, 1.54) is 12.7 Å². The van der Waals surface area contributed by atoms with Crippen molar-refractivity contribution < 1.29 is 14.9 Å². The molecule has 0 heterocycles. The van der Waals surface area contributed by atoms with Crippen LogP contribution in [0.25, 0.3) is 0 Å². The molecule has 0 aliphatic rings. The smallest absolute Gasteiger partial charge is 0.160 e. The zero-order valence-corrected chi connectivity index (χ0v) is 14.0. The summed E-state index contributed by atoms with van der Waals surface area (Å²) < 4.78 is 5.06. The van der Waals surface area contributed by atoms with Gasteiger partial charge in [0.15, 0.2) is 11.5 Å². The number of aliphatic hydroxyl groups excluding tert-OH is 1. The predicted molar refractivity (Wildman–Crippen MR) is 91.7 cm³/mol. The lowest BCUT2D eigenvalue weighted by Gasteiger charge is -2.24. The molecule has 0 bridgehead atoms. The van der Waals surface area contributed by atoms with Gasteiger partial charge < -0.3 is 14.9 Å². The fourth-order valence-corrected chi connectivity index (χ4v) is 2.54. The second kappa shape index (κ2) is 7.99. The number of hydrogen-bond donors (Lipinski definition) is 2. The maximum atomic E-state index is 10.4. The van der Waals surface area contributed by atoms with E-state index in [-0.39, 0.29) is 5.75 Å². The van der Waals surface area contributed by atoms with E-state index in [0.29, 0.717) is 18.8 Å². The third-order valence-electron chi connectivity index (χ3n) is 3.99. The number of aliphatic hydroxyl groups is 1. The van der Waals surface area contributed by atoms with Crippen LogP contribution in [0.2, 0.25) is 0 Å². The maximum Gasteiger partial charge on any atom is 0.160 e. The fraction of sp³-hybridized carbons (Fsp3) is 0.368. The lowest BCUT2D eigenvalue weighted by atomic mass is 10.1. The van der Waals surface area contributed by atoms with Crippen molar-refractivity contribution in [2.75, 3.05) is 20.2 Å². The van der Waals surface area contributed by atoms with Crippen molar-refractivity contribution in [1.82, 2.24) is 4.90 Å². The van der Waals surface area contributed by atoms with Crippen LogP contribution in [-0.4, -0.2) is 35.3 Å². The topological polar surface area (TPSA) is 52.9 Å². The number of benzene rings is 2. The maximum absolute atomic E-state index is 10.4. The quantitative estimate of drug-likeness (QED) is 0.823. The Hall–Kier alpha value is -2.04. The number of aromatic hydroxyl groups is 1. The van der Waals surface area contributed by atoms with Gasteiger partial charge in [0.2, 0.25) is 0 Å². The minimum Gasteiger partial charge on any atom is -0.504 e. The SMILES string of the molecule is CCN(Cc1ccc(OC)c(O)c1)CC(O)c1ccc(C)cc1. The van der Waals surface area contributed by atoms with Gasteiger partial charge in [-0.1, -0.05) is 42.8 Å². The summed E-state index contributed by atoms with van der Waals surface area (Å²) in [6.07, 6.45) is -0.526. The first kappa shape index (κ1) is 17.3. The molecule has 4 nitrogen and oxygen atoms in total. The first-order valence-electron chi connectivity index (χ1n) is 7.86. The number of methoxy groups -OCH3 is 1. The van der Waals surface area contributed by atoms with Gasteiger partial charge in [-0.25, -0.2) is 0 Å². The highest BCUT2D eigenvalue weighted by Gasteiger charge is 2.13. The molecule has 0 aromatic heterocycles. The molecule has 1 atom stereocenters. The van der Waals surface area contributed by atoms with Gasteiger partial charge in [0.05, 0.1) is 13.2 Å². The van der Waals surface area contributed by atoms with Crippen molar-refractivity contribution in [3.63, 3.8) is 0 Å². The number of ether oxygens (including phenoxy) is 1. The first-order chi connectivity index (χ1) is 11.0. The lowest BCUT2D eigenvalue weighted by Crippen LogP contribution is -2.28. The Balaban J connectivity index is 2.02. The van der Waals surface area contributed by atoms with E-state index in [1.54, 1.807) is 12.1 Å². The first-order valence-corrected chi connectivity index (χ1v) is 7.86. The van der Waals surface area contributed by atoms with E-state index in [0.717, 1.165) is 17.7 Å². The van der Waals surface area contributed by atoms with Crippen LogP contribution in [0.15, 0.2) is 42.5 Å². The van der Waals surface area contributed by atoms with Crippen molar-refractivity contribution in [3.05, 3.63) is 59.2 Å². The molecule has 2 aromatic carbocycles. The summed E-state index contributed by atoms with van der Waals surface area (Å²) in [4.78, 5) is 2.14. The Morgan fingerprint density at radius 3 is 2.39 bits per heavy atom. The zero-order chi connectivity index (χ0) is 16.8. The molecule has 0 aliphatic heterocycles. The van der Waals surface area contributed by atoms with Crippen LogP contribution in [0.3, 0.4) is 0 Å². The van der Waals surface area contributed by atoms with Crippen molar-refractivity contribution in [2.24, 2.45) is 0 Å². The molecule has 23 heavy (non-hydrogen) atoms. The van der Waals surface area contributed by atoms with Crippen LogP contribution in [0.4, 0.5) is 0 Å². The molecule has 0 aliphatic carbocycles. The fourth-order valence-electron chi connectivity index (χ4n) is 2.54. The van der Waals surface area contributed by atoms with E-state index in [4.69, 9.17) is 4.74 Å². The standard InChI is InChI=1S/C19H25NO3/c1-4-20(12-15-7-10-19(23-3)17(21)11-15)13-18(22)16-8-5-14(2)6-9-16/h5-11,18,21-22H,4,12-13H2,1-3H3. The highest BCUT2D eigenvalue weighted by Crippen LogP contribution is 2.27. The molecule has 2 aromatic rings. The van der Waals surface area contributed by atoms with Gasteiger partial charge in [0.1, 0.15) is 0 Å². The minimum absolute atomic E-state index is 0.139. The summed E-state index contributed by atoms with van der Waals surface area (Å²) >= 11 is 0. The zero-order valence-electron chi connectivity index (χ0n) is 14.0. The summed E-state index contributed by atoms with van der Waals surface area (Å²) in [5, 5.41) is 20.3. The number of aryl methyl sites for hydroxylation is 1. The van der Waals surface area contributed by atoms with Crippen LogP contribution in [0, 0.1) is 6.92 Å². The van der Waals surface area contributed by atoms with E-state index in [2.05, 4.69) is 11.8 Å². The van der Waals surface area contributed by atoms with Crippen molar-refractivity contribution in [1.29, 1.82) is 0 Å². The molecule has 0 fully saturated rings. The second-order valence-electron chi connectivity index (χ2n) is 5.76. The molecule has 2 rings (SSSR count). The van der Waals surface area contributed by atoms with Gasteiger partial charge in [-0.2, -0.15) is 0 Å². The average molecular weight is 315 g/mol. The third-order valence-corrected chi connectivity index (χ3v) is 3.99. The molecule has 1 unspecified atom stereocenters. The van der Waals surface area contributed by atoms with Gasteiger partial charge in [0, 0.05) is 13.1 Å². The second-order valence-corrected chi connectivity index (χ2v) is 5.76. The number of likely N-dealkylation sites (N-methyl/N-ethyl adjacent to an activating group) is 1. The van der Waals surface area contributed by atoms with Crippen LogP contribution in [0.1, 0.15) is 29.7 Å². The molecule has 0 radical (unpaired) electrons. The van der Waals surface area contributed by atoms with Crippen LogP contribution in [-0.2, 0) is 6.54 Å². The monoisotopic (exact) mass is 315 g/mol. The van der Waals surface area contributed by atoms with Crippen molar-refractivity contribution >= 4 is 0 Å². The number of phenolic OH excluding ortho intramolecular Hbond substituents is 1. The largest absolute Gasteiger partial charge is 0.504 e. The number of nitrogens with zero attached hydrogens (tertiary/aromatic N) is 1. The van der Waals surface area contributed by atoms with Crippen LogP contribution < -0.4 is 4.74 Å². The number of phenols is 1. The van der Waals surface area contributed by atoms with Gasteiger partial charge in [-0.15, -0.1) is 0 Å². The summed E-state index contributed by atoms with van der Waals surface area (Å²) in [5.41, 5.74) is 3.09. The average Bonchev–Trinajstić information content (AvgIpc) is 2.55. The molecule has 124 valence electrons. The molecule has 0 saturated carbocycles. The van der Waals surface area contributed by atoms with Gasteiger partial charge in [0.25, 0.3) is 0 Å². The van der Waals surface area contributed by atoms with Gasteiger partial charge in [-0.3, -0.25) is 4.90 Å². The third kappa shape index (κ3) is 4.71. The highest BCUT2D eigenvalue weighted by atomic mass is 16.5. The van der Waals surface area contributed by atoms with E-state index in [9.17, 15) is 10.2 Å². The minimum atomic E-state index is -0.526. The molecular weight excluding hydrogens is 290 g/mol. The Labute approximate surface area is 138 Å². The lowest BCUT2D eigenvalue weighted by molar-refractivity contribution is 0.112. The van der Waals surface area contributed by atoms with Crippen LogP contribution >= 0.6 is 0 Å². The molecule has 2 N–H and O–H groups in total. The highest BCUT2D eigenvalue weighted by molar-refractivity contribution is 5.41. The van der Waals surface area contributed by atoms with Gasteiger partial charge >= 0.3 is 0 Å². The Morgan fingerprint density at radius 1 is 1.13 bits per heavy atom. The Morgan fingerprint density at radius 2 is 1.83 bits per heavy atom. The molecule has 4 heteroatoms. The van der Waals surface area contributed by atoms with Crippen molar-refractivity contribution in [3.8, 4) is 11.5 Å². The van der Waals surface area contributed by atoms with Gasteiger partial charge in [-0.05, 0) is 36.7 Å². The van der Waals surface area contributed by atoms with Crippen LogP contribution in [0.5, 0.6) is 11.5 Å². The van der Waals surface area contributed by atoms with E-state index >= 15 is 0 Å². The Kier molecular flexibility index (Phi) is 6.02. The summed E-state index contributed by atoms with van der Waals surface area (Å²) in [7, 11) is 1.53. The molecular formula is C19H25NO3. The van der Waals surface area contributed by atoms with E-state index in [1.807, 2.05) is 37.3 Å².